The quantitative estimate of drug-likeness (QED) is 0.425. The van der Waals surface area contributed by atoms with Gasteiger partial charge >= 0.3 is 0 Å². The Morgan fingerprint density at radius 3 is 0.632 bits per heavy atom. The maximum atomic E-state index is 8.50. The minimum absolute atomic E-state index is 0. The Morgan fingerprint density at radius 2 is 0.579 bits per heavy atom. The summed E-state index contributed by atoms with van der Waals surface area (Å²) < 4.78 is 8.50. The van der Waals surface area contributed by atoms with Crippen LogP contribution < -0.4 is 6.15 Å². The minimum atomic E-state index is -0.437. The van der Waals surface area contributed by atoms with Gasteiger partial charge in [-0.3, -0.25) is 0 Å². The molecule has 0 unspecified atom stereocenters. The van der Waals surface area contributed by atoms with Crippen molar-refractivity contribution in [2.24, 2.45) is 0 Å². The number of alkyl halides is 6. The largest absolute Gasteiger partial charge is 0.412 e. The fraction of sp³-hybridized carbons (Fsp3) is 1.00. The number of hydrogen-bond acceptors (Lipinski definition) is 2. The summed E-state index contributed by atoms with van der Waals surface area (Å²) in [4.78, 5) is 0. The van der Waals surface area contributed by atoms with Crippen molar-refractivity contribution in [3.05, 3.63) is 0 Å². The SMILES string of the molecule is ClC1C(Cl)C(Cl)C(Cl)C(Cl)C1Cl.N.O.O.O.OF.[Ti]. The molecule has 1 fully saturated rings. The summed E-state index contributed by atoms with van der Waals surface area (Å²) in [6.45, 7) is 0. The van der Waals surface area contributed by atoms with E-state index >= 15 is 0 Å². The zero-order chi connectivity index (χ0) is 11.5. The Kier molecular flexibility index (Phi) is 35.9. The van der Waals surface area contributed by atoms with Gasteiger partial charge in [0.1, 0.15) is 0 Å². The van der Waals surface area contributed by atoms with Crippen LogP contribution >= 0.6 is 69.6 Å². The molecule has 10 N–H and O–H groups in total. The van der Waals surface area contributed by atoms with Crippen LogP contribution in [-0.2, 0) is 21.7 Å². The first-order valence-corrected chi connectivity index (χ1v) is 6.10. The molecule has 0 radical (unpaired) electrons. The van der Waals surface area contributed by atoms with E-state index in [1.165, 1.54) is 0 Å². The van der Waals surface area contributed by atoms with Crippen LogP contribution in [0.1, 0.15) is 0 Å². The van der Waals surface area contributed by atoms with Crippen LogP contribution in [0.25, 0.3) is 0 Å². The Balaban J connectivity index is -0.0000000576. The maximum absolute atomic E-state index is 8.50. The van der Waals surface area contributed by atoms with Crippen LogP contribution in [0.5, 0.6) is 0 Å². The average molecular weight is 446 g/mol. The van der Waals surface area contributed by atoms with E-state index in [1.807, 2.05) is 0 Å². The van der Waals surface area contributed by atoms with E-state index in [0.29, 0.717) is 0 Å². The molecule has 0 amide bonds. The Bertz CT molecular complexity index is 133. The topological polar surface area (TPSA) is 150 Å². The molecule has 1 rings (SSSR count). The summed E-state index contributed by atoms with van der Waals surface area (Å²) in [6, 6.07) is 0. The molecule has 13 heteroatoms. The van der Waals surface area contributed by atoms with E-state index in [-0.39, 0.29) is 44.3 Å². The van der Waals surface area contributed by atoms with E-state index in [9.17, 15) is 0 Å². The number of rotatable bonds is 0. The van der Waals surface area contributed by atoms with E-state index in [2.05, 4.69) is 0 Å². The molecule has 1 aliphatic carbocycles. The van der Waals surface area contributed by atoms with Crippen LogP contribution in [-0.4, -0.2) is 54.0 Å². The third kappa shape index (κ3) is 9.73. The monoisotopic (exact) mass is 443 g/mol. The van der Waals surface area contributed by atoms with E-state index < -0.39 is 32.3 Å². The normalized spacial score (nSPS) is 35.4. The zero-order valence-corrected chi connectivity index (χ0v) is 15.4. The molecular weight excluding hydrogens is 430 g/mol. The first kappa shape index (κ1) is 37.4. The zero-order valence-electron chi connectivity index (χ0n) is 9.26. The summed E-state index contributed by atoms with van der Waals surface area (Å²) in [6.07, 6.45) is 0. The van der Waals surface area contributed by atoms with Crippen molar-refractivity contribution >= 4 is 69.6 Å². The average Bonchev–Trinajstić information content (AvgIpc) is 2.24. The van der Waals surface area contributed by atoms with Crippen molar-refractivity contribution in [3.8, 4) is 0 Å². The summed E-state index contributed by atoms with van der Waals surface area (Å²) >= 11 is 35.3. The molecular formula is C6H16Cl6FNO4Ti. The second-order valence-corrected chi connectivity index (χ2v) is 5.69. The van der Waals surface area contributed by atoms with Gasteiger partial charge in [-0.05, 0) is 0 Å². The van der Waals surface area contributed by atoms with Gasteiger partial charge in [0.2, 0.25) is 0 Å². The third-order valence-electron chi connectivity index (χ3n) is 1.83. The predicted octanol–water partition coefficient (Wildman–Crippen LogP) is 1.19. The van der Waals surface area contributed by atoms with Gasteiger partial charge < -0.3 is 22.6 Å². The third-order valence-corrected chi connectivity index (χ3v) is 5.86. The predicted molar refractivity (Wildman–Crippen MR) is 77.0 cm³/mol. The van der Waals surface area contributed by atoms with Gasteiger partial charge in [-0.2, -0.15) is 0 Å². The van der Waals surface area contributed by atoms with Gasteiger partial charge in [-0.15, -0.1) is 69.6 Å². The smallest absolute Gasteiger partial charge is 0.0693 e. The van der Waals surface area contributed by atoms with E-state index in [4.69, 9.17) is 79.4 Å². The first-order valence-electron chi connectivity index (χ1n) is 3.48. The van der Waals surface area contributed by atoms with Crippen molar-refractivity contribution in [3.63, 3.8) is 0 Å². The standard InChI is InChI=1S/C6H6Cl6.FHO.H3N.3H2O.Ti/c7-1-2(8)4(10)6(12)5(11)3(1)9;1-2;;;;;/h1-6H;2H;1H3;3*1H2;. The molecule has 19 heavy (non-hydrogen) atoms. The summed E-state index contributed by atoms with van der Waals surface area (Å²) in [5.41, 5.74) is 0. The molecule has 0 aromatic heterocycles. The molecule has 0 heterocycles. The van der Waals surface area contributed by atoms with Gasteiger partial charge in [-0.25, -0.2) is 5.31 Å². The molecule has 5 nitrogen and oxygen atoms in total. The van der Waals surface area contributed by atoms with Crippen molar-refractivity contribution in [1.82, 2.24) is 6.15 Å². The van der Waals surface area contributed by atoms with Gasteiger partial charge in [0.25, 0.3) is 0 Å². The second kappa shape index (κ2) is 18.2. The summed E-state index contributed by atoms with van der Waals surface area (Å²) in [5, 5.41) is 2.88. The first-order chi connectivity index (χ1) is 6.46. The second-order valence-electron chi connectivity index (χ2n) is 2.67. The Morgan fingerprint density at radius 1 is 0.526 bits per heavy atom. The van der Waals surface area contributed by atoms with Gasteiger partial charge in [0.05, 0.1) is 32.3 Å². The summed E-state index contributed by atoms with van der Waals surface area (Å²) in [5.74, 6) is 0. The summed E-state index contributed by atoms with van der Waals surface area (Å²) in [7, 11) is 0. The van der Waals surface area contributed by atoms with Gasteiger partial charge in [-0.1, -0.05) is 4.53 Å². The molecule has 0 atom stereocenters. The van der Waals surface area contributed by atoms with Crippen molar-refractivity contribution < 1.29 is 48.0 Å². The van der Waals surface area contributed by atoms with E-state index in [0.717, 1.165) is 0 Å². The van der Waals surface area contributed by atoms with Crippen molar-refractivity contribution in [2.75, 3.05) is 0 Å². The van der Waals surface area contributed by atoms with Gasteiger partial charge in [0.15, 0.2) is 0 Å². The van der Waals surface area contributed by atoms with Crippen LogP contribution in [0.4, 0.5) is 4.53 Å². The van der Waals surface area contributed by atoms with Crippen molar-refractivity contribution in [1.29, 1.82) is 0 Å². The fourth-order valence-corrected chi connectivity index (χ4v) is 3.38. The van der Waals surface area contributed by atoms with E-state index in [1.54, 1.807) is 0 Å². The Labute approximate surface area is 155 Å². The number of hydrogen-bond donors (Lipinski definition) is 2. The molecule has 0 saturated heterocycles. The molecule has 0 aromatic rings. The Hall–Kier alpha value is 2.18. The molecule has 0 aromatic carbocycles. The fourth-order valence-electron chi connectivity index (χ4n) is 1.05. The molecule has 1 aliphatic rings. The minimum Gasteiger partial charge on any atom is -0.412 e. The van der Waals surface area contributed by atoms with Crippen LogP contribution in [0.2, 0.25) is 0 Å². The molecule has 0 bridgehead atoms. The molecule has 1 saturated carbocycles. The van der Waals surface area contributed by atoms with Crippen LogP contribution in [0.15, 0.2) is 0 Å². The maximum Gasteiger partial charge on any atom is 0.0693 e. The van der Waals surface area contributed by atoms with Crippen molar-refractivity contribution in [2.45, 2.75) is 32.3 Å². The number of halogens is 7. The van der Waals surface area contributed by atoms with Crippen LogP contribution in [0.3, 0.4) is 0 Å². The molecule has 122 valence electrons. The van der Waals surface area contributed by atoms with Gasteiger partial charge in [0, 0.05) is 21.7 Å². The van der Waals surface area contributed by atoms with Crippen LogP contribution in [0, 0.1) is 0 Å². The molecule has 0 spiro atoms. The molecule has 0 aliphatic heterocycles.